The average Bonchev–Trinajstić information content (AvgIpc) is 3.09. The fraction of sp³-hybridized carbons (Fsp3) is 0.118. The van der Waals surface area contributed by atoms with E-state index in [1.807, 2.05) is 42.0 Å². The number of hydrogen-bond donors (Lipinski definition) is 0. The van der Waals surface area contributed by atoms with Crippen molar-refractivity contribution in [1.29, 1.82) is 0 Å². The first-order valence-corrected chi connectivity index (χ1v) is 6.89. The second-order valence-electron chi connectivity index (χ2n) is 4.90. The zero-order chi connectivity index (χ0) is 15.4. The molecular weight excluding hydrogens is 278 g/mol. The van der Waals surface area contributed by atoms with Gasteiger partial charge in [0.05, 0.1) is 11.9 Å². The number of aryl methyl sites for hydroxylation is 1. The van der Waals surface area contributed by atoms with Crippen LogP contribution in [-0.2, 0) is 11.3 Å². The molecule has 0 fully saturated rings. The summed E-state index contributed by atoms with van der Waals surface area (Å²) < 4.78 is 7.15. The van der Waals surface area contributed by atoms with E-state index in [9.17, 15) is 4.79 Å². The Morgan fingerprint density at radius 1 is 1.18 bits per heavy atom. The lowest BCUT2D eigenvalue weighted by atomic mass is 10.2. The number of esters is 1. The Morgan fingerprint density at radius 2 is 2.00 bits per heavy atom. The third kappa shape index (κ3) is 3.20. The molecule has 5 heteroatoms. The lowest BCUT2D eigenvalue weighted by Gasteiger charge is -2.06. The molecule has 1 aromatic carbocycles. The van der Waals surface area contributed by atoms with Gasteiger partial charge in [0.1, 0.15) is 6.61 Å². The maximum Gasteiger partial charge on any atom is 0.338 e. The van der Waals surface area contributed by atoms with E-state index in [2.05, 4.69) is 9.97 Å². The van der Waals surface area contributed by atoms with E-state index in [1.165, 1.54) is 0 Å². The lowest BCUT2D eigenvalue weighted by Crippen LogP contribution is -2.05. The largest absolute Gasteiger partial charge is 0.457 e. The molecule has 0 aliphatic carbocycles. The van der Waals surface area contributed by atoms with Gasteiger partial charge in [-0.25, -0.2) is 9.78 Å². The maximum absolute atomic E-state index is 12.0. The molecule has 0 spiro atoms. The van der Waals surface area contributed by atoms with E-state index >= 15 is 0 Å². The van der Waals surface area contributed by atoms with Crippen LogP contribution in [-0.4, -0.2) is 20.5 Å². The molecule has 2 aromatic heterocycles. The minimum Gasteiger partial charge on any atom is -0.457 e. The van der Waals surface area contributed by atoms with Crippen molar-refractivity contribution >= 4 is 5.97 Å². The summed E-state index contributed by atoms with van der Waals surface area (Å²) in [6.45, 7) is 2.13. The molecule has 0 N–H and O–H groups in total. The minimum atomic E-state index is -0.349. The van der Waals surface area contributed by atoms with Gasteiger partial charge in [-0.05, 0) is 37.3 Å². The van der Waals surface area contributed by atoms with Gasteiger partial charge in [-0.3, -0.25) is 4.98 Å². The van der Waals surface area contributed by atoms with Gasteiger partial charge >= 0.3 is 5.97 Å². The summed E-state index contributed by atoms with van der Waals surface area (Å²) in [5, 5.41) is 0. The van der Waals surface area contributed by atoms with Crippen molar-refractivity contribution in [2.75, 3.05) is 0 Å². The van der Waals surface area contributed by atoms with Crippen LogP contribution >= 0.6 is 0 Å². The van der Waals surface area contributed by atoms with Gasteiger partial charge in [-0.1, -0.05) is 6.07 Å². The van der Waals surface area contributed by atoms with Crippen molar-refractivity contribution in [3.8, 4) is 5.69 Å². The Hall–Kier alpha value is -2.95. The summed E-state index contributed by atoms with van der Waals surface area (Å²) in [6.07, 6.45) is 6.97. The summed E-state index contributed by atoms with van der Waals surface area (Å²) >= 11 is 0. The summed E-state index contributed by atoms with van der Waals surface area (Å²) in [7, 11) is 0. The van der Waals surface area contributed by atoms with E-state index < -0.39 is 0 Å². The van der Waals surface area contributed by atoms with Crippen LogP contribution in [0.5, 0.6) is 0 Å². The molecule has 5 nitrogen and oxygen atoms in total. The van der Waals surface area contributed by atoms with Crippen LogP contribution < -0.4 is 0 Å². The van der Waals surface area contributed by atoms with Crippen molar-refractivity contribution < 1.29 is 9.53 Å². The number of carbonyl (C=O) groups is 1. The average molecular weight is 293 g/mol. The van der Waals surface area contributed by atoms with Crippen LogP contribution in [0.4, 0.5) is 0 Å². The van der Waals surface area contributed by atoms with Gasteiger partial charge in [0.25, 0.3) is 0 Å². The van der Waals surface area contributed by atoms with Crippen molar-refractivity contribution in [3.63, 3.8) is 0 Å². The van der Waals surface area contributed by atoms with E-state index in [0.717, 1.165) is 16.9 Å². The molecule has 0 aliphatic heterocycles. The number of nitrogens with zero attached hydrogens (tertiary/aromatic N) is 3. The Labute approximate surface area is 128 Å². The second kappa shape index (κ2) is 6.22. The predicted octanol–water partition coefficient (Wildman–Crippen LogP) is 2.93. The highest BCUT2D eigenvalue weighted by atomic mass is 16.5. The van der Waals surface area contributed by atoms with Crippen LogP contribution in [0.1, 0.15) is 21.6 Å². The number of aromatic nitrogens is 3. The molecule has 110 valence electrons. The predicted molar refractivity (Wildman–Crippen MR) is 81.7 cm³/mol. The molecular formula is C17H15N3O2. The Morgan fingerprint density at radius 3 is 2.64 bits per heavy atom. The molecule has 0 unspecified atom stereocenters. The van der Waals surface area contributed by atoms with Crippen LogP contribution in [0.15, 0.2) is 61.3 Å². The normalized spacial score (nSPS) is 10.4. The lowest BCUT2D eigenvalue weighted by molar-refractivity contribution is 0.0472. The van der Waals surface area contributed by atoms with E-state index in [1.54, 1.807) is 30.9 Å². The molecule has 0 radical (unpaired) electrons. The first-order chi connectivity index (χ1) is 10.7. The molecule has 2 heterocycles. The number of carbonyl (C=O) groups excluding carboxylic acids is 1. The zero-order valence-corrected chi connectivity index (χ0v) is 12.1. The van der Waals surface area contributed by atoms with Gasteiger partial charge in [-0.15, -0.1) is 0 Å². The fourth-order valence-electron chi connectivity index (χ4n) is 2.00. The van der Waals surface area contributed by atoms with Crippen LogP contribution in [0.25, 0.3) is 5.69 Å². The highest BCUT2D eigenvalue weighted by Gasteiger charge is 2.08. The monoisotopic (exact) mass is 293 g/mol. The summed E-state index contributed by atoms with van der Waals surface area (Å²) in [4.78, 5) is 20.2. The maximum atomic E-state index is 12.0. The van der Waals surface area contributed by atoms with Gasteiger partial charge < -0.3 is 9.30 Å². The highest BCUT2D eigenvalue weighted by molar-refractivity contribution is 5.89. The number of hydrogen-bond acceptors (Lipinski definition) is 4. The Bertz CT molecular complexity index is 748. The van der Waals surface area contributed by atoms with Crippen LogP contribution in [0, 0.1) is 6.92 Å². The molecule has 0 saturated carbocycles. The minimum absolute atomic E-state index is 0.218. The SMILES string of the molecule is Cc1ccc(COC(=O)c2ccc(-n3ccnc3)cc2)cn1. The molecule has 0 amide bonds. The Balaban J connectivity index is 1.63. The van der Waals surface area contributed by atoms with Crippen molar-refractivity contribution in [2.45, 2.75) is 13.5 Å². The smallest absolute Gasteiger partial charge is 0.338 e. The third-order valence-corrected chi connectivity index (χ3v) is 3.25. The van der Waals surface area contributed by atoms with Gasteiger partial charge in [0.15, 0.2) is 0 Å². The summed E-state index contributed by atoms with van der Waals surface area (Å²) in [5.74, 6) is -0.349. The molecule has 22 heavy (non-hydrogen) atoms. The quantitative estimate of drug-likeness (QED) is 0.694. The summed E-state index contributed by atoms with van der Waals surface area (Å²) in [5.41, 5.74) is 3.26. The molecule has 0 saturated heterocycles. The molecule has 3 rings (SSSR count). The second-order valence-corrected chi connectivity index (χ2v) is 4.90. The topological polar surface area (TPSA) is 57.0 Å². The molecule has 0 bridgehead atoms. The highest BCUT2D eigenvalue weighted by Crippen LogP contribution is 2.11. The van der Waals surface area contributed by atoms with Crippen molar-refractivity contribution in [1.82, 2.24) is 14.5 Å². The first-order valence-electron chi connectivity index (χ1n) is 6.89. The number of rotatable bonds is 4. The standard InChI is InChI=1S/C17H15N3O2/c1-13-2-3-14(10-19-13)11-22-17(21)15-4-6-16(7-5-15)20-9-8-18-12-20/h2-10,12H,11H2,1H3. The van der Waals surface area contributed by atoms with Gasteiger partial charge in [0.2, 0.25) is 0 Å². The van der Waals surface area contributed by atoms with Gasteiger partial charge in [0, 0.05) is 35.5 Å². The third-order valence-electron chi connectivity index (χ3n) is 3.25. The molecule has 0 aliphatic rings. The number of pyridine rings is 1. The van der Waals surface area contributed by atoms with E-state index in [-0.39, 0.29) is 12.6 Å². The molecule has 0 atom stereocenters. The van der Waals surface area contributed by atoms with Crippen molar-refractivity contribution in [2.24, 2.45) is 0 Å². The number of benzene rings is 1. The van der Waals surface area contributed by atoms with Crippen molar-refractivity contribution in [3.05, 3.63) is 78.1 Å². The van der Waals surface area contributed by atoms with Crippen LogP contribution in [0.3, 0.4) is 0 Å². The fourth-order valence-corrected chi connectivity index (χ4v) is 2.00. The van der Waals surface area contributed by atoms with E-state index in [0.29, 0.717) is 5.56 Å². The first kappa shape index (κ1) is 14.0. The number of imidazole rings is 1. The van der Waals surface area contributed by atoms with Gasteiger partial charge in [-0.2, -0.15) is 0 Å². The Kier molecular flexibility index (Phi) is 3.96. The summed E-state index contributed by atoms with van der Waals surface area (Å²) in [6, 6.07) is 11.0. The van der Waals surface area contributed by atoms with E-state index in [4.69, 9.17) is 4.74 Å². The number of ether oxygens (including phenoxy) is 1. The zero-order valence-electron chi connectivity index (χ0n) is 12.1. The van der Waals surface area contributed by atoms with Crippen LogP contribution in [0.2, 0.25) is 0 Å². The molecule has 3 aromatic rings.